The van der Waals surface area contributed by atoms with Crippen LogP contribution < -0.4 is 5.32 Å². The first-order chi connectivity index (χ1) is 13.7. The third-order valence-corrected chi connectivity index (χ3v) is 3.58. The van der Waals surface area contributed by atoms with Crippen molar-refractivity contribution >= 4 is 12.1 Å². The molecule has 1 unspecified atom stereocenters. The minimum absolute atomic E-state index is 0.000791. The van der Waals surface area contributed by atoms with Gasteiger partial charge in [0.25, 0.3) is 0 Å². The van der Waals surface area contributed by atoms with Crippen LogP contribution in [0.1, 0.15) is 56.5 Å². The molecule has 11 nitrogen and oxygen atoms in total. The lowest BCUT2D eigenvalue weighted by molar-refractivity contribution is 0.0493. The first-order valence-corrected chi connectivity index (χ1v) is 8.76. The zero-order valence-corrected chi connectivity index (χ0v) is 16.3. The lowest BCUT2D eigenvalue weighted by Gasteiger charge is -2.21. The molecule has 0 radical (unpaired) electrons. The summed E-state index contributed by atoms with van der Waals surface area (Å²) in [5, 5.41) is 11.6. The van der Waals surface area contributed by atoms with E-state index in [0.717, 1.165) is 6.26 Å². The van der Waals surface area contributed by atoms with Crippen molar-refractivity contribution < 1.29 is 32.7 Å². The normalized spacial score (nSPS) is 12.6. The summed E-state index contributed by atoms with van der Waals surface area (Å²) in [7, 11) is 0. The number of nitrogens with zero attached hydrogens (tertiary/aromatic N) is 3. The number of carbonyl (C=O) groups excluding carboxylic acids is 1. The monoisotopic (exact) mass is 404 g/mol. The van der Waals surface area contributed by atoms with E-state index in [-0.39, 0.29) is 29.1 Å². The predicted molar refractivity (Wildman–Crippen MR) is 96.9 cm³/mol. The van der Waals surface area contributed by atoms with Gasteiger partial charge in [-0.15, -0.1) is 0 Å². The Kier molecular flexibility index (Phi) is 5.39. The van der Waals surface area contributed by atoms with Gasteiger partial charge in [0.1, 0.15) is 30.4 Å². The predicted octanol–water partition coefficient (Wildman–Crippen LogP) is 3.66. The Morgan fingerprint density at radius 1 is 1.07 bits per heavy atom. The van der Waals surface area contributed by atoms with Crippen LogP contribution in [0.4, 0.5) is 4.79 Å². The number of hydrogen-bond acceptors (Lipinski definition) is 9. The summed E-state index contributed by atoms with van der Waals surface area (Å²) in [6, 6.07) is -0.502. The number of nitrogens with one attached hydrogen (secondary N) is 1. The van der Waals surface area contributed by atoms with E-state index >= 15 is 0 Å². The van der Waals surface area contributed by atoms with Gasteiger partial charge in [0, 0.05) is 0 Å². The Morgan fingerprint density at radius 3 is 2.31 bits per heavy atom. The van der Waals surface area contributed by atoms with Crippen LogP contribution in [-0.2, 0) is 4.74 Å². The maximum atomic E-state index is 12.0. The smallest absolute Gasteiger partial charge is 0.408 e. The van der Waals surface area contributed by atoms with Crippen LogP contribution in [0.25, 0.3) is 23.2 Å². The number of rotatable bonds is 6. The number of amides is 1. The van der Waals surface area contributed by atoms with E-state index in [1.54, 1.807) is 20.8 Å². The second-order valence-corrected chi connectivity index (χ2v) is 7.06. The largest absolute Gasteiger partial charge is 0.476 e. The molecule has 3 aromatic heterocycles. The fourth-order valence-corrected chi connectivity index (χ4v) is 2.31. The molecule has 3 heterocycles. The third-order valence-electron chi connectivity index (χ3n) is 3.58. The second kappa shape index (κ2) is 7.78. The average Bonchev–Trinajstić information content (AvgIpc) is 3.36. The zero-order valence-electron chi connectivity index (χ0n) is 16.3. The topological polar surface area (TPSA) is 154 Å². The number of aromatic carboxylic acids is 1. The molecule has 3 rings (SSSR count). The van der Waals surface area contributed by atoms with Gasteiger partial charge < -0.3 is 28.4 Å². The molecule has 3 aromatic rings. The first-order valence-electron chi connectivity index (χ1n) is 8.76. The molecule has 154 valence electrons. The Morgan fingerprint density at radius 2 is 1.69 bits per heavy atom. The van der Waals surface area contributed by atoms with E-state index < -0.39 is 23.7 Å². The number of hydrogen-bond donors (Lipinski definition) is 2. The van der Waals surface area contributed by atoms with E-state index in [2.05, 4.69) is 20.3 Å². The molecule has 0 bridgehead atoms. The van der Waals surface area contributed by atoms with Crippen molar-refractivity contribution in [2.45, 2.75) is 45.8 Å². The van der Waals surface area contributed by atoms with Crippen molar-refractivity contribution in [3.8, 4) is 23.2 Å². The van der Waals surface area contributed by atoms with Crippen molar-refractivity contribution in [3.63, 3.8) is 0 Å². The van der Waals surface area contributed by atoms with E-state index in [4.69, 9.17) is 23.1 Å². The molecule has 0 fully saturated rings. The Hall–Kier alpha value is -3.63. The summed E-state index contributed by atoms with van der Waals surface area (Å²) in [6.45, 7) is 7.16. The summed E-state index contributed by atoms with van der Waals surface area (Å²) < 4.78 is 21.1. The third kappa shape index (κ3) is 4.81. The average molecular weight is 404 g/mol. The second-order valence-electron chi connectivity index (χ2n) is 7.06. The van der Waals surface area contributed by atoms with Crippen molar-refractivity contribution in [1.82, 2.24) is 20.3 Å². The van der Waals surface area contributed by atoms with Crippen molar-refractivity contribution in [1.29, 1.82) is 0 Å². The highest BCUT2D eigenvalue weighted by atomic mass is 16.6. The molecule has 2 N–H and O–H groups in total. The van der Waals surface area contributed by atoms with Crippen LogP contribution in [0.15, 0.2) is 32.0 Å². The standard InChI is InChI=1S/C18H20N4O7/c1-5-9(22-17(25)29-18(2,3)4)13-19-10(6-26-13)14-20-11(7-27-14)15-21-12(8-28-15)16(23)24/h6-9H,5H2,1-4H3,(H,22,25)(H,23,24). The lowest BCUT2D eigenvalue weighted by Crippen LogP contribution is -2.34. The molecule has 0 aromatic carbocycles. The van der Waals surface area contributed by atoms with Crippen molar-refractivity contribution in [2.24, 2.45) is 0 Å². The maximum Gasteiger partial charge on any atom is 0.408 e. The Balaban J connectivity index is 1.74. The van der Waals surface area contributed by atoms with Crippen LogP contribution >= 0.6 is 0 Å². The number of carboxylic acids is 1. The highest BCUT2D eigenvalue weighted by Crippen LogP contribution is 2.26. The molecule has 0 spiro atoms. The van der Waals surface area contributed by atoms with Crippen LogP contribution in [0.3, 0.4) is 0 Å². The highest BCUT2D eigenvalue weighted by molar-refractivity contribution is 5.85. The minimum atomic E-state index is -1.21. The van der Waals surface area contributed by atoms with E-state index in [1.807, 2.05) is 6.92 Å². The molecule has 0 saturated carbocycles. The van der Waals surface area contributed by atoms with Gasteiger partial charge in [-0.2, -0.15) is 0 Å². The molecule has 11 heteroatoms. The molecule has 1 amide bonds. The SMILES string of the molecule is CCC(NC(=O)OC(C)(C)C)c1nc(-c2nc(-c3nc(C(=O)O)co3)co2)co1. The summed E-state index contributed by atoms with van der Waals surface area (Å²) in [6.07, 6.45) is 3.54. The number of aromatic nitrogens is 3. The molecule has 0 aliphatic rings. The molecular weight excluding hydrogens is 384 g/mol. The molecular formula is C18H20N4O7. The van der Waals surface area contributed by atoms with Crippen molar-refractivity contribution in [3.05, 3.63) is 30.4 Å². The lowest BCUT2D eigenvalue weighted by atomic mass is 10.2. The summed E-state index contributed by atoms with van der Waals surface area (Å²) in [5.41, 5.74) is -0.372. The van der Waals surface area contributed by atoms with Gasteiger partial charge in [0.15, 0.2) is 17.1 Å². The number of carbonyl (C=O) groups is 2. The van der Waals surface area contributed by atoms with E-state index in [1.165, 1.54) is 12.5 Å². The number of oxazole rings is 3. The van der Waals surface area contributed by atoms with Crippen LogP contribution in [0.5, 0.6) is 0 Å². The summed E-state index contributed by atoms with van der Waals surface area (Å²) in [4.78, 5) is 35.2. The van der Waals surface area contributed by atoms with Crippen LogP contribution in [-0.4, -0.2) is 37.7 Å². The van der Waals surface area contributed by atoms with E-state index in [9.17, 15) is 9.59 Å². The maximum absolute atomic E-state index is 12.0. The fourth-order valence-electron chi connectivity index (χ4n) is 2.31. The van der Waals surface area contributed by atoms with Gasteiger partial charge in [-0.25, -0.2) is 24.5 Å². The first kappa shape index (κ1) is 20.1. The molecule has 1 atom stereocenters. The van der Waals surface area contributed by atoms with Crippen molar-refractivity contribution in [2.75, 3.05) is 0 Å². The van der Waals surface area contributed by atoms with Gasteiger partial charge in [0.2, 0.25) is 17.7 Å². The zero-order chi connectivity index (χ0) is 21.2. The number of carboxylic acid groups (broad SMARTS) is 1. The van der Waals surface area contributed by atoms with E-state index in [0.29, 0.717) is 12.1 Å². The highest BCUT2D eigenvalue weighted by Gasteiger charge is 2.24. The molecule has 0 saturated heterocycles. The minimum Gasteiger partial charge on any atom is -0.476 e. The number of alkyl carbamates (subject to hydrolysis) is 1. The van der Waals surface area contributed by atoms with Gasteiger partial charge in [-0.3, -0.25) is 0 Å². The fraction of sp³-hybridized carbons (Fsp3) is 0.389. The molecule has 0 aliphatic carbocycles. The van der Waals surface area contributed by atoms with Gasteiger partial charge in [-0.1, -0.05) is 6.92 Å². The van der Waals surface area contributed by atoms with Gasteiger partial charge in [-0.05, 0) is 27.2 Å². The quantitative estimate of drug-likeness (QED) is 0.622. The number of ether oxygens (including phenoxy) is 1. The Bertz CT molecular complexity index is 1010. The molecule has 0 aliphatic heterocycles. The van der Waals surface area contributed by atoms with Crippen LogP contribution in [0, 0.1) is 0 Å². The Labute approximate surface area is 165 Å². The van der Waals surface area contributed by atoms with Gasteiger partial charge >= 0.3 is 12.1 Å². The summed E-state index contributed by atoms with van der Waals surface area (Å²) in [5.74, 6) is -0.832. The van der Waals surface area contributed by atoms with Crippen LogP contribution in [0.2, 0.25) is 0 Å². The summed E-state index contributed by atoms with van der Waals surface area (Å²) >= 11 is 0. The van der Waals surface area contributed by atoms with Gasteiger partial charge in [0.05, 0.1) is 0 Å². The molecule has 29 heavy (non-hydrogen) atoms.